The minimum Gasteiger partial charge on any atom is -0.465 e. The van der Waals surface area contributed by atoms with Crippen LogP contribution in [0.3, 0.4) is 0 Å². The molecule has 6 nitrogen and oxygen atoms in total. The van der Waals surface area contributed by atoms with Gasteiger partial charge in [-0.05, 0) is 128 Å². The monoisotopic (exact) mass is 1030 g/mol. The van der Waals surface area contributed by atoms with Crippen molar-refractivity contribution in [1.82, 2.24) is 9.80 Å². The third kappa shape index (κ3) is 49.7. The fraction of sp³-hybridized carbons (Fsp3) is 0.964. The Morgan fingerprint density at radius 3 is 0.906 bits per heavy atom. The average molecular weight is 1040 g/mol. The Morgan fingerprint density at radius 1 is 0.359 bits per heavy atom. The zero-order valence-electron chi connectivity index (χ0n) is 44.0. The number of hydrogen-bond donors (Lipinski definition) is 0. The molecule has 0 aromatic rings. The highest BCUT2D eigenvalue weighted by atomic mass is 79.9. The van der Waals surface area contributed by atoms with E-state index in [1.807, 2.05) is 0 Å². The lowest BCUT2D eigenvalue weighted by Gasteiger charge is -2.22. The van der Waals surface area contributed by atoms with Crippen molar-refractivity contribution < 1.29 is 19.1 Å². The van der Waals surface area contributed by atoms with Gasteiger partial charge in [0.05, 0.1) is 13.2 Å². The number of carbonyl (C=O) groups is 2. The lowest BCUT2D eigenvalue weighted by Crippen LogP contribution is -2.27. The molecule has 0 rings (SSSR count). The van der Waals surface area contributed by atoms with Crippen molar-refractivity contribution in [2.24, 2.45) is 11.8 Å². The van der Waals surface area contributed by atoms with Crippen molar-refractivity contribution in [2.75, 3.05) is 63.1 Å². The number of ether oxygens (including phenoxy) is 2. The molecule has 0 spiro atoms. The van der Waals surface area contributed by atoms with Crippen LogP contribution in [0.4, 0.5) is 0 Å². The molecule has 64 heavy (non-hydrogen) atoms. The second-order valence-corrected chi connectivity index (χ2v) is 20.8. The van der Waals surface area contributed by atoms with E-state index in [0.717, 1.165) is 49.2 Å². The lowest BCUT2D eigenvalue weighted by molar-refractivity contribution is -0.146. The van der Waals surface area contributed by atoms with Crippen molar-refractivity contribution in [1.29, 1.82) is 0 Å². The number of halogens is 2. The van der Waals surface area contributed by atoms with Gasteiger partial charge in [-0.25, -0.2) is 0 Å². The van der Waals surface area contributed by atoms with Gasteiger partial charge < -0.3 is 19.3 Å². The summed E-state index contributed by atoms with van der Waals surface area (Å²) in [6, 6.07) is 0. The Labute approximate surface area is 418 Å². The smallest absolute Gasteiger partial charge is 0.305 e. The van der Waals surface area contributed by atoms with Crippen LogP contribution in [0.1, 0.15) is 273 Å². The van der Waals surface area contributed by atoms with E-state index >= 15 is 0 Å². The molecule has 0 saturated heterocycles. The van der Waals surface area contributed by atoms with Crippen LogP contribution in [-0.4, -0.2) is 84.9 Å². The molecule has 2 unspecified atom stereocenters. The number of carbonyl (C=O) groups excluding carboxylic acids is 2. The van der Waals surface area contributed by atoms with Crippen LogP contribution in [0.5, 0.6) is 0 Å². The van der Waals surface area contributed by atoms with Crippen molar-refractivity contribution in [3.63, 3.8) is 0 Å². The summed E-state index contributed by atoms with van der Waals surface area (Å²) in [4.78, 5) is 29.5. The predicted molar refractivity (Wildman–Crippen MR) is 290 cm³/mol. The van der Waals surface area contributed by atoms with E-state index in [0.29, 0.717) is 37.9 Å². The summed E-state index contributed by atoms with van der Waals surface area (Å²) in [7, 11) is 0. The van der Waals surface area contributed by atoms with Crippen LogP contribution in [0.2, 0.25) is 0 Å². The highest BCUT2D eigenvalue weighted by Gasteiger charge is 2.12. The number of rotatable bonds is 50. The molecule has 0 aromatic carbocycles. The number of unbranched alkanes of at least 4 members (excludes halogenated alkanes) is 22. The summed E-state index contributed by atoms with van der Waals surface area (Å²) in [6.07, 6.45) is 44.4. The molecular weight excluding hydrogens is 924 g/mol. The van der Waals surface area contributed by atoms with Crippen LogP contribution < -0.4 is 0 Å². The molecule has 0 amide bonds. The molecule has 8 heteroatoms. The van der Waals surface area contributed by atoms with E-state index in [1.165, 1.54) is 219 Å². The van der Waals surface area contributed by atoms with Crippen LogP contribution in [-0.2, 0) is 19.1 Å². The first-order valence-corrected chi connectivity index (χ1v) is 30.5. The van der Waals surface area contributed by atoms with Gasteiger partial charge in [0.25, 0.3) is 0 Å². The van der Waals surface area contributed by atoms with E-state index in [2.05, 4.69) is 83.2 Å². The van der Waals surface area contributed by atoms with Gasteiger partial charge in [-0.15, -0.1) is 0 Å². The maximum absolute atomic E-state index is 12.1. The normalized spacial score (nSPS) is 12.4. The Kier molecular flexibility index (Phi) is 57.1. The van der Waals surface area contributed by atoms with Crippen molar-refractivity contribution >= 4 is 43.8 Å². The molecule has 0 radical (unpaired) electrons. The highest BCUT2D eigenvalue weighted by Crippen LogP contribution is 2.16. The summed E-state index contributed by atoms with van der Waals surface area (Å²) >= 11 is 7.04. The van der Waals surface area contributed by atoms with Gasteiger partial charge in [0.15, 0.2) is 0 Å². The summed E-state index contributed by atoms with van der Waals surface area (Å²) < 4.78 is 11.1. The van der Waals surface area contributed by atoms with E-state index in [-0.39, 0.29) is 11.9 Å². The Hall–Kier alpha value is -0.180. The van der Waals surface area contributed by atoms with Crippen molar-refractivity contribution in [2.45, 2.75) is 273 Å². The quantitative estimate of drug-likeness (QED) is 0.0344. The van der Waals surface area contributed by atoms with Gasteiger partial charge >= 0.3 is 11.9 Å². The summed E-state index contributed by atoms with van der Waals surface area (Å²) in [5, 5.41) is 2.29. The van der Waals surface area contributed by atoms with E-state index in [9.17, 15) is 9.59 Å². The van der Waals surface area contributed by atoms with Crippen LogP contribution in [0, 0.1) is 11.8 Å². The molecule has 0 aliphatic heterocycles. The van der Waals surface area contributed by atoms with Crippen molar-refractivity contribution in [3.05, 3.63) is 0 Å². The van der Waals surface area contributed by atoms with Gasteiger partial charge in [-0.1, -0.05) is 215 Å². The van der Waals surface area contributed by atoms with Gasteiger partial charge in [-0.3, -0.25) is 9.59 Å². The Bertz CT molecular complexity index is 855. The first-order valence-electron chi connectivity index (χ1n) is 28.2. The molecule has 2 atom stereocenters. The minimum atomic E-state index is 0.0104. The lowest BCUT2D eigenvalue weighted by atomic mass is 10.0. The van der Waals surface area contributed by atoms with Gasteiger partial charge in [-0.2, -0.15) is 0 Å². The fourth-order valence-corrected chi connectivity index (χ4v) is 9.19. The standard InChI is InChI=1S/2C28H56BrNO2/c2*1-4-7-9-17-23-30(24-18-13-11-10-12-16-22-29)25-19-14-15-21-28(31)32-26-27(6-3)20-8-5-2/h2*27H,4-26H2,1-3H3. The largest absolute Gasteiger partial charge is 0.465 e. The topological polar surface area (TPSA) is 59.1 Å². The minimum absolute atomic E-state index is 0.0104. The third-order valence-electron chi connectivity index (χ3n) is 13.1. The maximum Gasteiger partial charge on any atom is 0.305 e. The molecule has 0 aliphatic rings. The SMILES string of the molecule is CCCCCCN(CCCCCCCCBr)CCCCCC(=O)OCC(CC)CCCC.CCCCCCN(CCCCCCCCBr)CCCCCC(=O)OCC(CC)CCCC. The molecule has 0 aliphatic carbocycles. The molecule has 0 bridgehead atoms. The molecule has 0 N–H and O–H groups in total. The van der Waals surface area contributed by atoms with Gasteiger partial charge in [0.2, 0.25) is 0 Å². The van der Waals surface area contributed by atoms with E-state index < -0.39 is 0 Å². The molecule has 384 valence electrons. The van der Waals surface area contributed by atoms with Gasteiger partial charge in [0.1, 0.15) is 0 Å². The second-order valence-electron chi connectivity index (χ2n) is 19.2. The molecular formula is C56H112Br2N2O4. The van der Waals surface area contributed by atoms with Crippen LogP contribution in [0.25, 0.3) is 0 Å². The molecule has 0 aromatic heterocycles. The van der Waals surface area contributed by atoms with Crippen molar-refractivity contribution in [3.8, 4) is 0 Å². The van der Waals surface area contributed by atoms with Crippen LogP contribution in [0.15, 0.2) is 0 Å². The first kappa shape index (κ1) is 65.9. The first-order chi connectivity index (χ1) is 31.3. The molecule has 0 saturated carbocycles. The number of hydrogen-bond acceptors (Lipinski definition) is 6. The average Bonchev–Trinajstić information content (AvgIpc) is 3.30. The molecule has 0 heterocycles. The highest BCUT2D eigenvalue weighted by molar-refractivity contribution is 9.09. The Balaban J connectivity index is 0. The number of esters is 2. The zero-order chi connectivity index (χ0) is 47.4. The third-order valence-corrected chi connectivity index (χ3v) is 14.3. The zero-order valence-corrected chi connectivity index (χ0v) is 47.1. The van der Waals surface area contributed by atoms with E-state index in [1.54, 1.807) is 0 Å². The summed E-state index contributed by atoms with van der Waals surface area (Å²) in [5.74, 6) is 1.11. The maximum atomic E-state index is 12.1. The number of nitrogens with zero attached hydrogens (tertiary/aromatic N) is 2. The number of alkyl halides is 2. The fourth-order valence-electron chi connectivity index (χ4n) is 8.39. The molecule has 0 fully saturated rings. The predicted octanol–water partition coefficient (Wildman–Crippen LogP) is 17.8. The second kappa shape index (κ2) is 55.4. The Morgan fingerprint density at radius 2 is 0.625 bits per heavy atom. The van der Waals surface area contributed by atoms with Gasteiger partial charge in [0, 0.05) is 23.5 Å². The van der Waals surface area contributed by atoms with Crippen LogP contribution >= 0.6 is 31.9 Å². The summed E-state index contributed by atoms with van der Waals surface area (Å²) in [5.41, 5.74) is 0. The van der Waals surface area contributed by atoms with E-state index in [4.69, 9.17) is 9.47 Å². The summed E-state index contributed by atoms with van der Waals surface area (Å²) in [6.45, 7) is 22.1.